The van der Waals surface area contributed by atoms with E-state index < -0.39 is 10.1 Å². The molecule has 7 heteroatoms. The van der Waals surface area contributed by atoms with Crippen LogP contribution < -0.4 is 4.28 Å². The molecule has 1 aromatic heterocycles. The molecule has 0 atom stereocenters. The number of para-hydroxylation sites is 1. The van der Waals surface area contributed by atoms with Gasteiger partial charge in [-0.1, -0.05) is 36.7 Å². The summed E-state index contributed by atoms with van der Waals surface area (Å²) in [6.07, 6.45) is 2.41. The van der Waals surface area contributed by atoms with Gasteiger partial charge in [0.15, 0.2) is 0 Å². The Balaban J connectivity index is 2.13. The maximum atomic E-state index is 11.7. The average molecular weight is 269 g/mol. The van der Waals surface area contributed by atoms with E-state index in [1.165, 1.54) is 0 Å². The lowest BCUT2D eigenvalue weighted by molar-refractivity contribution is 0.244. The highest BCUT2D eigenvalue weighted by atomic mass is 32.2. The second kappa shape index (κ2) is 5.34. The first-order valence-corrected chi connectivity index (χ1v) is 7.43. The Morgan fingerprint density at radius 3 is 2.83 bits per heavy atom. The number of nitrogens with zero attached hydrogens (tertiary/aromatic N) is 3. The minimum absolute atomic E-state index is 0.00493. The highest BCUT2D eigenvalue weighted by molar-refractivity contribution is 7.86. The zero-order valence-electron chi connectivity index (χ0n) is 10.1. The topological polar surface area (TPSA) is 74.1 Å². The quantitative estimate of drug-likeness (QED) is 0.741. The van der Waals surface area contributed by atoms with Gasteiger partial charge in [0.05, 0.1) is 5.75 Å². The van der Waals surface area contributed by atoms with Crippen molar-refractivity contribution in [2.75, 3.05) is 5.75 Å². The van der Waals surface area contributed by atoms with Gasteiger partial charge in [0.1, 0.15) is 11.0 Å². The first kappa shape index (κ1) is 12.8. The third kappa shape index (κ3) is 2.98. The Hall–Kier alpha value is -1.63. The van der Waals surface area contributed by atoms with E-state index in [0.717, 1.165) is 17.7 Å². The third-order valence-corrected chi connectivity index (χ3v) is 3.66. The zero-order chi connectivity index (χ0) is 13.0. The average Bonchev–Trinajstić information content (AvgIpc) is 2.72. The number of hydrogen-bond acceptors (Lipinski definition) is 5. The van der Waals surface area contributed by atoms with Crippen LogP contribution in [0.5, 0.6) is 0 Å². The van der Waals surface area contributed by atoms with Gasteiger partial charge in [-0.15, -0.1) is 5.10 Å². The summed E-state index contributed by atoms with van der Waals surface area (Å²) in [4.78, 5) is 0.955. The fourth-order valence-corrected chi connectivity index (χ4v) is 2.53. The van der Waals surface area contributed by atoms with E-state index >= 15 is 0 Å². The summed E-state index contributed by atoms with van der Waals surface area (Å²) < 4.78 is 28.3. The van der Waals surface area contributed by atoms with Gasteiger partial charge in [0.2, 0.25) is 0 Å². The molecule has 0 aliphatic heterocycles. The molecule has 98 valence electrons. The Morgan fingerprint density at radius 2 is 2.06 bits per heavy atom. The molecule has 0 aliphatic rings. The van der Waals surface area contributed by atoms with Crippen molar-refractivity contribution in [2.45, 2.75) is 26.2 Å². The lowest BCUT2D eigenvalue weighted by atomic mass is 10.3. The molecule has 0 N–H and O–H groups in total. The minimum atomic E-state index is -3.61. The molecule has 0 aliphatic carbocycles. The van der Waals surface area contributed by atoms with Crippen LogP contribution in [0.1, 0.15) is 26.2 Å². The minimum Gasteiger partial charge on any atom is -0.267 e. The summed E-state index contributed by atoms with van der Waals surface area (Å²) in [5, 5.41) is 7.50. The van der Waals surface area contributed by atoms with Crippen LogP contribution in [0, 0.1) is 0 Å². The van der Waals surface area contributed by atoms with Crippen LogP contribution >= 0.6 is 0 Å². The molecule has 0 bridgehead atoms. The number of fused-ring (bicyclic) bond motifs is 1. The summed E-state index contributed by atoms with van der Waals surface area (Å²) in [7, 11) is -3.61. The summed E-state index contributed by atoms with van der Waals surface area (Å²) in [5.74, 6) is -0.00493. The van der Waals surface area contributed by atoms with E-state index in [0.29, 0.717) is 17.5 Å². The summed E-state index contributed by atoms with van der Waals surface area (Å²) in [6.45, 7) is 2.01. The number of hydrogen-bond donors (Lipinski definition) is 0. The molecular weight excluding hydrogens is 254 g/mol. The molecule has 2 aromatic rings. The van der Waals surface area contributed by atoms with Crippen molar-refractivity contribution in [1.29, 1.82) is 0 Å². The van der Waals surface area contributed by atoms with Crippen molar-refractivity contribution in [1.82, 2.24) is 15.2 Å². The van der Waals surface area contributed by atoms with E-state index in [4.69, 9.17) is 4.28 Å². The van der Waals surface area contributed by atoms with Crippen LogP contribution in [0.4, 0.5) is 0 Å². The molecule has 0 unspecified atom stereocenters. The van der Waals surface area contributed by atoms with Gasteiger partial charge in [-0.05, 0) is 23.8 Å². The fraction of sp³-hybridized carbons (Fsp3) is 0.455. The molecule has 2 rings (SSSR count). The van der Waals surface area contributed by atoms with Crippen LogP contribution in [-0.4, -0.2) is 29.3 Å². The van der Waals surface area contributed by atoms with Gasteiger partial charge < -0.3 is 0 Å². The standard InChI is InChI=1S/C11H15N3O3S/c1-2-3-6-9-18(15,16)17-14-11-8-5-4-7-10(11)12-13-14/h4-5,7-8H,2-3,6,9H2,1H3. The Kier molecular flexibility index (Phi) is 3.81. The molecule has 1 heterocycles. The molecule has 0 radical (unpaired) electrons. The molecule has 18 heavy (non-hydrogen) atoms. The van der Waals surface area contributed by atoms with E-state index in [-0.39, 0.29) is 5.75 Å². The van der Waals surface area contributed by atoms with Crippen LogP contribution in [0.3, 0.4) is 0 Å². The predicted molar refractivity (Wildman–Crippen MR) is 67.4 cm³/mol. The van der Waals surface area contributed by atoms with Gasteiger partial charge in [0.25, 0.3) is 0 Å². The SMILES string of the molecule is CCCCCS(=O)(=O)On1nnc2ccccc21. The fourth-order valence-electron chi connectivity index (χ4n) is 1.58. The van der Waals surface area contributed by atoms with Gasteiger partial charge >= 0.3 is 10.1 Å². The van der Waals surface area contributed by atoms with Crippen molar-refractivity contribution in [3.63, 3.8) is 0 Å². The summed E-state index contributed by atoms with van der Waals surface area (Å²) in [5.41, 5.74) is 1.14. The number of rotatable bonds is 6. The van der Waals surface area contributed by atoms with Gasteiger partial charge in [-0.25, -0.2) is 0 Å². The second-order valence-electron chi connectivity index (χ2n) is 3.99. The largest absolute Gasteiger partial charge is 0.328 e. The second-order valence-corrected chi connectivity index (χ2v) is 5.67. The molecule has 0 saturated heterocycles. The van der Waals surface area contributed by atoms with Crippen LogP contribution in [0.2, 0.25) is 0 Å². The van der Waals surface area contributed by atoms with Gasteiger partial charge in [-0.3, -0.25) is 4.28 Å². The monoisotopic (exact) mass is 269 g/mol. The predicted octanol–water partition coefficient (Wildman–Crippen LogP) is 1.38. The first-order chi connectivity index (χ1) is 8.62. The highest BCUT2D eigenvalue weighted by Crippen LogP contribution is 2.09. The van der Waals surface area contributed by atoms with Crippen molar-refractivity contribution in [3.8, 4) is 0 Å². The van der Waals surface area contributed by atoms with Gasteiger partial charge in [0, 0.05) is 0 Å². The van der Waals surface area contributed by atoms with Crippen molar-refractivity contribution in [2.24, 2.45) is 0 Å². The molecule has 0 spiro atoms. The van der Waals surface area contributed by atoms with Crippen LogP contribution in [0.25, 0.3) is 11.0 Å². The van der Waals surface area contributed by atoms with Crippen molar-refractivity contribution in [3.05, 3.63) is 24.3 Å². The van der Waals surface area contributed by atoms with Crippen LogP contribution in [0.15, 0.2) is 24.3 Å². The normalized spacial score (nSPS) is 11.8. The van der Waals surface area contributed by atoms with E-state index in [1.54, 1.807) is 24.3 Å². The maximum absolute atomic E-state index is 11.7. The number of unbranched alkanes of at least 4 members (excludes halogenated alkanes) is 2. The lowest BCUT2D eigenvalue weighted by Crippen LogP contribution is -2.23. The van der Waals surface area contributed by atoms with Crippen molar-refractivity contribution < 1.29 is 12.7 Å². The van der Waals surface area contributed by atoms with E-state index in [1.807, 2.05) is 6.92 Å². The van der Waals surface area contributed by atoms with E-state index in [2.05, 4.69) is 10.3 Å². The first-order valence-electron chi connectivity index (χ1n) is 5.85. The maximum Gasteiger partial charge on any atom is 0.328 e. The number of benzene rings is 1. The smallest absolute Gasteiger partial charge is 0.267 e. The third-order valence-electron chi connectivity index (χ3n) is 2.50. The van der Waals surface area contributed by atoms with Gasteiger partial charge in [-0.2, -0.15) is 8.42 Å². The molecule has 0 fully saturated rings. The zero-order valence-corrected chi connectivity index (χ0v) is 10.9. The summed E-state index contributed by atoms with van der Waals surface area (Å²) in [6, 6.07) is 7.02. The Labute approximate surface area is 106 Å². The lowest BCUT2D eigenvalue weighted by Gasteiger charge is -2.05. The highest BCUT2D eigenvalue weighted by Gasteiger charge is 2.15. The molecule has 1 aromatic carbocycles. The van der Waals surface area contributed by atoms with Crippen LogP contribution in [-0.2, 0) is 10.1 Å². The molecule has 6 nitrogen and oxygen atoms in total. The molecule has 0 amide bonds. The Bertz CT molecular complexity index is 621. The molecular formula is C11H15N3O3S. The Morgan fingerprint density at radius 1 is 1.28 bits per heavy atom. The number of aromatic nitrogens is 3. The molecule has 0 saturated carbocycles. The summed E-state index contributed by atoms with van der Waals surface area (Å²) >= 11 is 0. The van der Waals surface area contributed by atoms with Crippen molar-refractivity contribution >= 4 is 21.2 Å². The van der Waals surface area contributed by atoms with E-state index in [9.17, 15) is 8.42 Å².